The van der Waals surface area contributed by atoms with Crippen molar-refractivity contribution < 1.29 is 32.2 Å². The second kappa shape index (κ2) is 8.37. The number of thiazole rings is 1. The molecule has 0 aliphatic carbocycles. The highest BCUT2D eigenvalue weighted by atomic mass is 32.1. The molecule has 2 aromatic rings. The summed E-state index contributed by atoms with van der Waals surface area (Å²) < 4.78 is 51.3. The number of hydrogen-bond acceptors (Lipinski definition) is 6. The summed E-state index contributed by atoms with van der Waals surface area (Å²) in [6, 6.07) is 5.19. The molecule has 2 rings (SSSR count). The Bertz CT molecular complexity index is 764. The summed E-state index contributed by atoms with van der Waals surface area (Å²) in [5.41, 5.74) is 1.24. The van der Waals surface area contributed by atoms with Crippen molar-refractivity contribution in [3.8, 4) is 22.8 Å². The monoisotopic (exact) mass is 390 g/mol. The second-order valence-corrected chi connectivity index (χ2v) is 6.02. The number of aromatic nitrogens is 1. The number of methoxy groups -OCH3 is 2. The van der Waals surface area contributed by atoms with E-state index in [4.69, 9.17) is 9.47 Å². The largest absolute Gasteiger partial charge is 0.497 e. The first-order valence-corrected chi connectivity index (χ1v) is 8.28. The molecule has 1 N–H and O–H groups in total. The molecule has 0 unspecified atom stereocenters. The number of rotatable bonds is 7. The van der Waals surface area contributed by atoms with Gasteiger partial charge < -0.3 is 14.2 Å². The van der Waals surface area contributed by atoms with Gasteiger partial charge in [0, 0.05) is 17.0 Å². The van der Waals surface area contributed by atoms with E-state index in [1.807, 2.05) is 0 Å². The minimum absolute atomic E-state index is 0.241. The fourth-order valence-corrected chi connectivity index (χ4v) is 2.68. The number of anilines is 1. The van der Waals surface area contributed by atoms with E-state index in [0.717, 1.165) is 11.3 Å². The second-order valence-electron chi connectivity index (χ2n) is 5.16. The standard InChI is InChI=1S/C16H17F3N2O4S/c1-9(25-8-16(17,18)19)14(22)21-15-20-12(7-26-15)11-5-4-10(23-2)6-13(11)24-3/h4-7,9H,8H2,1-3H3,(H,20,21,22)/t9-/m0/s1. The third-order valence-electron chi connectivity index (χ3n) is 3.29. The molecule has 0 aliphatic rings. The van der Waals surface area contributed by atoms with E-state index in [2.05, 4.69) is 15.0 Å². The molecule has 1 aromatic carbocycles. The number of hydrogen-bond donors (Lipinski definition) is 1. The third-order valence-corrected chi connectivity index (χ3v) is 4.04. The minimum Gasteiger partial charge on any atom is -0.497 e. The smallest absolute Gasteiger partial charge is 0.411 e. The topological polar surface area (TPSA) is 69.7 Å². The van der Waals surface area contributed by atoms with Gasteiger partial charge in [-0.15, -0.1) is 11.3 Å². The Labute approximate surface area is 151 Å². The number of ether oxygens (including phenoxy) is 3. The van der Waals surface area contributed by atoms with Crippen molar-refractivity contribution in [2.24, 2.45) is 0 Å². The van der Waals surface area contributed by atoms with Gasteiger partial charge >= 0.3 is 6.18 Å². The van der Waals surface area contributed by atoms with Crippen LogP contribution in [0.5, 0.6) is 11.5 Å². The number of benzene rings is 1. The zero-order valence-electron chi connectivity index (χ0n) is 14.2. The number of halogens is 3. The van der Waals surface area contributed by atoms with E-state index in [9.17, 15) is 18.0 Å². The average Bonchev–Trinajstić information content (AvgIpc) is 3.06. The van der Waals surface area contributed by atoms with Crippen LogP contribution in [0.3, 0.4) is 0 Å². The molecule has 142 valence electrons. The number of carbonyl (C=O) groups is 1. The number of carbonyl (C=O) groups excluding carboxylic acids is 1. The molecule has 0 saturated carbocycles. The first-order chi connectivity index (χ1) is 12.2. The number of nitrogens with one attached hydrogen (secondary N) is 1. The van der Waals surface area contributed by atoms with Crippen LogP contribution in [0.25, 0.3) is 11.3 Å². The lowest BCUT2D eigenvalue weighted by Gasteiger charge is -2.13. The summed E-state index contributed by atoms with van der Waals surface area (Å²) in [6.07, 6.45) is -5.76. The lowest BCUT2D eigenvalue weighted by Crippen LogP contribution is -2.31. The first-order valence-electron chi connectivity index (χ1n) is 7.40. The zero-order valence-corrected chi connectivity index (χ0v) is 15.0. The van der Waals surface area contributed by atoms with Crippen molar-refractivity contribution in [2.75, 3.05) is 26.1 Å². The highest BCUT2D eigenvalue weighted by Crippen LogP contribution is 2.34. The van der Waals surface area contributed by atoms with E-state index < -0.39 is 24.8 Å². The van der Waals surface area contributed by atoms with Gasteiger partial charge in [-0.3, -0.25) is 10.1 Å². The molecule has 1 heterocycles. The van der Waals surface area contributed by atoms with Crippen molar-refractivity contribution in [3.05, 3.63) is 23.6 Å². The van der Waals surface area contributed by atoms with Crippen molar-refractivity contribution in [1.82, 2.24) is 4.98 Å². The van der Waals surface area contributed by atoms with Gasteiger partial charge in [0.1, 0.15) is 24.2 Å². The quantitative estimate of drug-likeness (QED) is 0.780. The van der Waals surface area contributed by atoms with Crippen LogP contribution in [0, 0.1) is 0 Å². The van der Waals surface area contributed by atoms with Gasteiger partial charge in [0.15, 0.2) is 5.13 Å². The zero-order chi connectivity index (χ0) is 19.3. The fraction of sp³-hybridized carbons (Fsp3) is 0.375. The van der Waals surface area contributed by atoms with Crippen LogP contribution in [-0.2, 0) is 9.53 Å². The van der Waals surface area contributed by atoms with Crippen LogP contribution in [0.15, 0.2) is 23.6 Å². The van der Waals surface area contributed by atoms with Crippen LogP contribution in [-0.4, -0.2) is 44.0 Å². The summed E-state index contributed by atoms with van der Waals surface area (Å²) in [6.45, 7) is -0.254. The Balaban J connectivity index is 2.07. The van der Waals surface area contributed by atoms with Crippen molar-refractivity contribution in [3.63, 3.8) is 0 Å². The van der Waals surface area contributed by atoms with E-state index in [1.54, 1.807) is 23.6 Å². The van der Waals surface area contributed by atoms with Gasteiger partial charge in [0.05, 0.1) is 19.9 Å². The molecule has 0 fully saturated rings. The SMILES string of the molecule is COc1ccc(-c2csc(NC(=O)[C@H](C)OCC(F)(F)F)n2)c(OC)c1. The Kier molecular flexibility index (Phi) is 6.43. The molecule has 1 aromatic heterocycles. The normalized spacial score (nSPS) is 12.5. The van der Waals surface area contributed by atoms with Crippen molar-refractivity contribution in [2.45, 2.75) is 19.2 Å². The minimum atomic E-state index is -4.49. The Morgan fingerprint density at radius 1 is 1.31 bits per heavy atom. The first kappa shape index (κ1) is 20.0. The molecule has 0 spiro atoms. The van der Waals surface area contributed by atoms with Gasteiger partial charge in [-0.2, -0.15) is 13.2 Å². The van der Waals surface area contributed by atoms with E-state index in [1.165, 1.54) is 21.1 Å². The molecule has 26 heavy (non-hydrogen) atoms. The Hall–Kier alpha value is -2.33. The molecule has 1 amide bonds. The predicted molar refractivity (Wildman–Crippen MR) is 90.8 cm³/mol. The summed E-state index contributed by atoms with van der Waals surface area (Å²) in [4.78, 5) is 16.2. The summed E-state index contributed by atoms with van der Waals surface area (Å²) in [5.74, 6) is 0.441. The molecule has 1 atom stereocenters. The predicted octanol–water partition coefficient (Wildman–Crippen LogP) is 3.73. The Morgan fingerprint density at radius 3 is 2.65 bits per heavy atom. The van der Waals surface area contributed by atoms with Crippen molar-refractivity contribution >= 4 is 22.4 Å². The summed E-state index contributed by atoms with van der Waals surface area (Å²) in [5, 5.41) is 4.38. The van der Waals surface area contributed by atoms with Crippen LogP contribution >= 0.6 is 11.3 Å². The number of nitrogens with zero attached hydrogens (tertiary/aromatic N) is 1. The number of amides is 1. The number of alkyl halides is 3. The van der Waals surface area contributed by atoms with E-state index >= 15 is 0 Å². The molecule has 0 radical (unpaired) electrons. The van der Waals surface area contributed by atoms with Gasteiger partial charge in [0.25, 0.3) is 5.91 Å². The van der Waals surface area contributed by atoms with E-state index in [-0.39, 0.29) is 5.13 Å². The molecule has 0 saturated heterocycles. The summed E-state index contributed by atoms with van der Waals surface area (Å²) >= 11 is 1.14. The lowest BCUT2D eigenvalue weighted by atomic mass is 10.1. The van der Waals surface area contributed by atoms with Gasteiger partial charge in [-0.25, -0.2) is 4.98 Å². The highest BCUT2D eigenvalue weighted by molar-refractivity contribution is 7.14. The maximum Gasteiger partial charge on any atom is 0.411 e. The molecule has 10 heteroatoms. The summed E-state index contributed by atoms with van der Waals surface area (Å²) in [7, 11) is 3.04. The molecule has 0 aliphatic heterocycles. The third kappa shape index (κ3) is 5.33. The Morgan fingerprint density at radius 2 is 2.04 bits per heavy atom. The van der Waals surface area contributed by atoms with Crippen LogP contribution in [0.2, 0.25) is 0 Å². The molecule has 0 bridgehead atoms. The van der Waals surface area contributed by atoms with Gasteiger partial charge in [0.2, 0.25) is 0 Å². The highest BCUT2D eigenvalue weighted by Gasteiger charge is 2.30. The molecule has 6 nitrogen and oxygen atoms in total. The lowest BCUT2D eigenvalue weighted by molar-refractivity contribution is -0.184. The maximum absolute atomic E-state index is 12.1. The molecular weight excluding hydrogens is 373 g/mol. The van der Waals surface area contributed by atoms with Crippen LogP contribution < -0.4 is 14.8 Å². The average molecular weight is 390 g/mol. The van der Waals surface area contributed by atoms with Crippen molar-refractivity contribution in [1.29, 1.82) is 0 Å². The molecular formula is C16H17F3N2O4S. The van der Waals surface area contributed by atoms with E-state index in [0.29, 0.717) is 22.8 Å². The maximum atomic E-state index is 12.1. The van der Waals surface area contributed by atoms with Gasteiger partial charge in [-0.05, 0) is 19.1 Å². The van der Waals surface area contributed by atoms with Crippen LogP contribution in [0.1, 0.15) is 6.92 Å². The van der Waals surface area contributed by atoms with Crippen LogP contribution in [0.4, 0.5) is 18.3 Å². The fourth-order valence-electron chi connectivity index (χ4n) is 1.97. The van der Waals surface area contributed by atoms with Gasteiger partial charge in [-0.1, -0.05) is 0 Å².